The molecular weight excluding hydrogens is 377 g/mol. The normalized spacial score (nSPS) is 10.4. The standard InChI is InChI=1S/C8H5BrIN3S/c9-6-2-1-5(10)3-7(6)13-4-11-12-8(13)14/h1-4H,(H,12,14). The van der Waals surface area contributed by atoms with Gasteiger partial charge in [-0.1, -0.05) is 0 Å². The van der Waals surface area contributed by atoms with E-state index in [4.69, 9.17) is 12.2 Å². The third-order valence-electron chi connectivity index (χ3n) is 1.72. The van der Waals surface area contributed by atoms with Crippen molar-refractivity contribution < 1.29 is 0 Å². The number of benzene rings is 1. The molecule has 2 rings (SSSR count). The summed E-state index contributed by atoms with van der Waals surface area (Å²) >= 11 is 10.8. The van der Waals surface area contributed by atoms with Crippen LogP contribution in [0.3, 0.4) is 0 Å². The Morgan fingerprint density at radius 3 is 2.93 bits per heavy atom. The van der Waals surface area contributed by atoms with E-state index in [9.17, 15) is 0 Å². The summed E-state index contributed by atoms with van der Waals surface area (Å²) in [6.07, 6.45) is 1.67. The highest BCUT2D eigenvalue weighted by Gasteiger charge is 2.03. The molecule has 0 bridgehead atoms. The van der Waals surface area contributed by atoms with Crippen LogP contribution in [0.15, 0.2) is 29.0 Å². The van der Waals surface area contributed by atoms with Gasteiger partial charge in [-0.25, -0.2) is 0 Å². The van der Waals surface area contributed by atoms with Crippen molar-refractivity contribution in [2.45, 2.75) is 0 Å². The lowest BCUT2D eigenvalue weighted by Crippen LogP contribution is -1.94. The van der Waals surface area contributed by atoms with Crippen molar-refractivity contribution in [1.29, 1.82) is 0 Å². The zero-order valence-corrected chi connectivity index (χ0v) is 11.4. The summed E-state index contributed by atoms with van der Waals surface area (Å²) in [4.78, 5) is 0. The Bertz CT molecular complexity index is 519. The highest BCUT2D eigenvalue weighted by Crippen LogP contribution is 2.22. The zero-order valence-electron chi connectivity index (χ0n) is 6.87. The van der Waals surface area contributed by atoms with Crippen molar-refractivity contribution in [3.8, 4) is 5.69 Å². The molecule has 0 saturated carbocycles. The van der Waals surface area contributed by atoms with E-state index in [1.807, 2.05) is 22.8 Å². The van der Waals surface area contributed by atoms with Crippen LogP contribution in [0.25, 0.3) is 5.69 Å². The van der Waals surface area contributed by atoms with Gasteiger partial charge in [-0.05, 0) is 68.9 Å². The molecule has 0 amide bonds. The molecule has 6 heteroatoms. The third-order valence-corrected chi connectivity index (χ3v) is 3.35. The lowest BCUT2D eigenvalue weighted by molar-refractivity contribution is 1.02. The van der Waals surface area contributed by atoms with Crippen LogP contribution in [0.5, 0.6) is 0 Å². The molecule has 0 unspecified atom stereocenters. The van der Waals surface area contributed by atoms with Crippen LogP contribution in [0.1, 0.15) is 0 Å². The fraction of sp³-hybridized carbons (Fsp3) is 0. The van der Waals surface area contributed by atoms with Gasteiger partial charge >= 0.3 is 0 Å². The number of rotatable bonds is 1. The maximum atomic E-state index is 5.09. The van der Waals surface area contributed by atoms with Crippen LogP contribution < -0.4 is 0 Å². The Morgan fingerprint density at radius 1 is 1.50 bits per heavy atom. The Balaban J connectivity index is 2.68. The second kappa shape index (κ2) is 4.11. The summed E-state index contributed by atoms with van der Waals surface area (Å²) in [6, 6.07) is 6.06. The molecule has 0 spiro atoms. The number of nitrogens with one attached hydrogen (secondary N) is 1. The maximum Gasteiger partial charge on any atom is 0.199 e. The van der Waals surface area contributed by atoms with E-state index in [1.165, 1.54) is 0 Å². The predicted octanol–water partition coefficient (Wildman–Crippen LogP) is 3.30. The second-order valence-electron chi connectivity index (χ2n) is 2.63. The van der Waals surface area contributed by atoms with Crippen LogP contribution in [0.4, 0.5) is 0 Å². The first kappa shape index (κ1) is 10.3. The molecule has 0 fully saturated rings. The predicted molar refractivity (Wildman–Crippen MR) is 69.2 cm³/mol. The zero-order chi connectivity index (χ0) is 10.1. The summed E-state index contributed by atoms with van der Waals surface area (Å²) < 4.78 is 4.56. The van der Waals surface area contributed by atoms with Gasteiger partial charge in [0.05, 0.1) is 5.69 Å². The third kappa shape index (κ3) is 1.91. The highest BCUT2D eigenvalue weighted by molar-refractivity contribution is 14.1. The quantitative estimate of drug-likeness (QED) is 0.607. The number of nitrogens with zero attached hydrogens (tertiary/aromatic N) is 2. The van der Waals surface area contributed by atoms with Gasteiger partial charge in [0.25, 0.3) is 0 Å². The minimum Gasteiger partial charge on any atom is -0.274 e. The molecule has 1 aromatic carbocycles. The van der Waals surface area contributed by atoms with Crippen LogP contribution in [0, 0.1) is 8.34 Å². The van der Waals surface area contributed by atoms with E-state index in [2.05, 4.69) is 48.7 Å². The largest absolute Gasteiger partial charge is 0.274 e. The van der Waals surface area contributed by atoms with E-state index in [1.54, 1.807) is 6.33 Å². The number of H-pyrrole nitrogens is 1. The average Bonchev–Trinajstić information content (AvgIpc) is 2.56. The number of hydrogen-bond acceptors (Lipinski definition) is 2. The molecule has 0 atom stereocenters. The Kier molecular flexibility index (Phi) is 3.03. The second-order valence-corrected chi connectivity index (χ2v) is 5.11. The molecule has 72 valence electrons. The molecule has 1 heterocycles. The van der Waals surface area contributed by atoms with Crippen LogP contribution in [-0.2, 0) is 0 Å². The fourth-order valence-electron chi connectivity index (χ4n) is 1.09. The van der Waals surface area contributed by atoms with E-state index in [0.717, 1.165) is 13.7 Å². The lowest BCUT2D eigenvalue weighted by atomic mass is 10.3. The maximum absolute atomic E-state index is 5.09. The van der Waals surface area contributed by atoms with E-state index < -0.39 is 0 Å². The van der Waals surface area contributed by atoms with E-state index >= 15 is 0 Å². The van der Waals surface area contributed by atoms with Gasteiger partial charge in [0.15, 0.2) is 4.77 Å². The molecule has 14 heavy (non-hydrogen) atoms. The van der Waals surface area contributed by atoms with Crippen molar-refractivity contribution in [2.24, 2.45) is 0 Å². The summed E-state index contributed by atoms with van der Waals surface area (Å²) in [5.41, 5.74) is 0.996. The molecule has 3 nitrogen and oxygen atoms in total. The number of hydrogen-bond donors (Lipinski definition) is 1. The fourth-order valence-corrected chi connectivity index (χ4v) is 2.20. The summed E-state index contributed by atoms with van der Waals surface area (Å²) in [6.45, 7) is 0. The van der Waals surface area contributed by atoms with Crippen molar-refractivity contribution >= 4 is 50.7 Å². The number of aromatic nitrogens is 3. The average molecular weight is 382 g/mol. The summed E-state index contributed by atoms with van der Waals surface area (Å²) in [5.74, 6) is 0. The molecule has 2 aromatic rings. The van der Waals surface area contributed by atoms with Crippen molar-refractivity contribution in [3.05, 3.63) is 37.3 Å². The van der Waals surface area contributed by atoms with Gasteiger partial charge in [-0.15, -0.1) is 0 Å². The first-order valence-corrected chi connectivity index (χ1v) is 6.04. The van der Waals surface area contributed by atoms with Crippen molar-refractivity contribution in [1.82, 2.24) is 14.8 Å². The van der Waals surface area contributed by atoms with Crippen LogP contribution in [-0.4, -0.2) is 14.8 Å². The SMILES string of the molecule is S=c1[nH]ncn1-c1cc(I)ccc1Br. The monoisotopic (exact) mass is 381 g/mol. The van der Waals surface area contributed by atoms with Gasteiger partial charge in [0.1, 0.15) is 6.33 Å². The topological polar surface area (TPSA) is 33.6 Å². The number of aromatic amines is 1. The van der Waals surface area contributed by atoms with Gasteiger partial charge in [-0.2, -0.15) is 5.10 Å². The Morgan fingerprint density at radius 2 is 2.29 bits per heavy atom. The molecule has 0 saturated heterocycles. The molecule has 0 aliphatic rings. The van der Waals surface area contributed by atoms with Gasteiger partial charge in [0, 0.05) is 8.04 Å². The smallest absolute Gasteiger partial charge is 0.199 e. The first-order chi connectivity index (χ1) is 6.68. The van der Waals surface area contributed by atoms with E-state index in [0.29, 0.717) is 4.77 Å². The molecular formula is C8H5BrIN3S. The van der Waals surface area contributed by atoms with Crippen molar-refractivity contribution in [2.75, 3.05) is 0 Å². The minimum absolute atomic E-state index is 0.590. The summed E-state index contributed by atoms with van der Waals surface area (Å²) in [7, 11) is 0. The number of halogens is 2. The van der Waals surface area contributed by atoms with E-state index in [-0.39, 0.29) is 0 Å². The Labute approximate surface area is 108 Å². The molecule has 0 aliphatic carbocycles. The molecule has 0 radical (unpaired) electrons. The van der Waals surface area contributed by atoms with Crippen LogP contribution >= 0.6 is 50.7 Å². The van der Waals surface area contributed by atoms with Gasteiger partial charge in [0.2, 0.25) is 0 Å². The minimum atomic E-state index is 0.590. The first-order valence-electron chi connectivity index (χ1n) is 3.76. The van der Waals surface area contributed by atoms with Crippen LogP contribution in [0.2, 0.25) is 0 Å². The highest BCUT2D eigenvalue weighted by atomic mass is 127. The molecule has 0 aliphatic heterocycles. The van der Waals surface area contributed by atoms with Gasteiger partial charge < -0.3 is 0 Å². The summed E-state index contributed by atoms with van der Waals surface area (Å²) in [5, 5.41) is 6.60. The molecule has 1 aromatic heterocycles. The van der Waals surface area contributed by atoms with Gasteiger partial charge in [-0.3, -0.25) is 9.67 Å². The Hall–Kier alpha value is -0.210. The van der Waals surface area contributed by atoms with Crippen molar-refractivity contribution in [3.63, 3.8) is 0 Å². The lowest BCUT2D eigenvalue weighted by Gasteiger charge is -2.04. The molecule has 1 N–H and O–H groups in total.